The van der Waals surface area contributed by atoms with E-state index < -0.39 is 104 Å². The number of hydrogen-bond donors (Lipinski definition) is 20. The maximum Gasteiger partial charge on any atom is 0.394 e. The first-order valence-corrected chi connectivity index (χ1v) is 21.0. The van der Waals surface area contributed by atoms with Crippen LogP contribution in [0.15, 0.2) is 0 Å². The van der Waals surface area contributed by atoms with Crippen LogP contribution < -0.4 is 0 Å². The van der Waals surface area contributed by atoms with E-state index in [-0.39, 0.29) is 115 Å². The van der Waals surface area contributed by atoms with Gasteiger partial charge in [0.05, 0.1) is 0 Å². The molecule has 0 aliphatic rings. The SMILES string of the molecule is O=S(=O)(O)O.O=S(=O)(O)O.O=S(=O)(O)O.O=S(=O)(O)O.O=S(=O)(O)O.O=S(=O)(O)O.O=S(=O)(O)O.O=S(=O)(O)O.O=S(=O)(O)O.O=S(=O)(O)O.[MgH2].[MgH2].[MgH2].[MgH2].[MgH2]. The summed E-state index contributed by atoms with van der Waals surface area (Å²) in [6.07, 6.45) is 0. The zero-order valence-corrected chi connectivity index (χ0v) is 29.4. The molecule has 0 aliphatic carbocycles. The summed E-state index contributed by atoms with van der Waals surface area (Å²) in [4.78, 5) is 0. The van der Waals surface area contributed by atoms with E-state index in [0.717, 1.165) is 0 Å². The number of hydrogen-bond acceptors (Lipinski definition) is 20. The van der Waals surface area contributed by atoms with Crippen LogP contribution in [0.4, 0.5) is 0 Å². The van der Waals surface area contributed by atoms with Crippen molar-refractivity contribution in [3.8, 4) is 0 Å². The normalized spacial score (nSPS) is 10.5. The van der Waals surface area contributed by atoms with Crippen molar-refractivity contribution in [3.05, 3.63) is 0 Å². The predicted molar refractivity (Wildman–Crippen MR) is 184 cm³/mol. The Bertz CT molecular complexity index is 1390. The van der Waals surface area contributed by atoms with Crippen LogP contribution in [-0.4, -0.2) is 290 Å². The Morgan fingerprint density at radius 1 is 0.127 bits per heavy atom. The van der Waals surface area contributed by atoms with E-state index in [1.54, 1.807) is 0 Å². The van der Waals surface area contributed by atoms with Gasteiger partial charge in [0.25, 0.3) is 0 Å². The van der Waals surface area contributed by atoms with Crippen LogP contribution in [0.3, 0.4) is 0 Å². The minimum atomic E-state index is -4.67. The minimum Gasteiger partial charge on any atom is -0.264 e. The Balaban J connectivity index is -0.0000000246. The summed E-state index contributed by atoms with van der Waals surface area (Å²) in [6, 6.07) is 0. The molecule has 0 radical (unpaired) electrons. The topological polar surface area (TPSA) is 746 Å². The van der Waals surface area contributed by atoms with E-state index >= 15 is 0 Å². The molecule has 0 spiro atoms. The van der Waals surface area contributed by atoms with Gasteiger partial charge in [-0.2, -0.15) is 84.2 Å². The summed E-state index contributed by atoms with van der Waals surface area (Å²) in [7, 11) is -46.7. The van der Waals surface area contributed by atoms with Gasteiger partial charge in [0.15, 0.2) is 0 Å². The first kappa shape index (κ1) is 102. The van der Waals surface area contributed by atoms with E-state index in [4.69, 9.17) is 175 Å². The average molecular weight is 1110 g/mol. The standard InChI is InChI=1S/5Mg.10H2O4S.10H/c;;;;;10*1-5(2,3)4;;;;;;;;;;/h;;;;;10*(H2,1,2,3,4);;;;;;;;;;. The van der Waals surface area contributed by atoms with Gasteiger partial charge in [0.2, 0.25) is 0 Å². The Morgan fingerprint density at radius 2 is 0.127 bits per heavy atom. The molecule has 55 heteroatoms. The molecule has 0 heterocycles. The lowest BCUT2D eigenvalue weighted by Gasteiger charge is -1.68. The van der Waals surface area contributed by atoms with Crippen molar-refractivity contribution >= 4 is 219 Å². The van der Waals surface area contributed by atoms with Gasteiger partial charge in [-0.25, -0.2) is 0 Å². The molecule has 0 amide bonds. The van der Waals surface area contributed by atoms with Crippen molar-refractivity contribution in [2.24, 2.45) is 0 Å². The van der Waals surface area contributed by atoms with Crippen molar-refractivity contribution in [3.63, 3.8) is 0 Å². The van der Waals surface area contributed by atoms with E-state index in [1.165, 1.54) is 0 Å². The summed E-state index contributed by atoms with van der Waals surface area (Å²) < 4.78 is 316. The van der Waals surface area contributed by atoms with Crippen molar-refractivity contribution in [1.29, 1.82) is 0 Å². The molecule has 0 fully saturated rings. The third-order valence-corrected chi connectivity index (χ3v) is 0. The van der Waals surface area contributed by atoms with Crippen molar-refractivity contribution in [2.75, 3.05) is 0 Å². The van der Waals surface area contributed by atoms with Gasteiger partial charge in [-0.15, -0.1) is 0 Å². The molecule has 340 valence electrons. The minimum absolute atomic E-state index is 0. The van der Waals surface area contributed by atoms with Gasteiger partial charge >= 0.3 is 219 Å². The fraction of sp³-hybridized carbons (Fsp3) is 0. The van der Waals surface area contributed by atoms with Gasteiger partial charge in [0, 0.05) is 0 Å². The van der Waals surface area contributed by atoms with Gasteiger partial charge in [-0.3, -0.25) is 91.1 Å². The van der Waals surface area contributed by atoms with Crippen molar-refractivity contribution in [2.45, 2.75) is 0 Å². The summed E-state index contributed by atoms with van der Waals surface area (Å²) >= 11 is 0. The van der Waals surface area contributed by atoms with E-state index in [0.29, 0.717) is 0 Å². The van der Waals surface area contributed by atoms with Crippen LogP contribution >= 0.6 is 0 Å². The Labute approximate surface area is 389 Å². The smallest absolute Gasteiger partial charge is 0.264 e. The first-order chi connectivity index (χ1) is 20.0. The maximum absolute atomic E-state index is 8.74. The lowest BCUT2D eigenvalue weighted by molar-refractivity contribution is 0.378. The molecule has 0 atom stereocenters. The molecule has 40 nitrogen and oxygen atoms in total. The highest BCUT2D eigenvalue weighted by atomic mass is 32.3. The van der Waals surface area contributed by atoms with E-state index in [2.05, 4.69) is 0 Å². The molecule has 20 N–H and O–H groups in total. The van der Waals surface area contributed by atoms with Crippen LogP contribution in [0.1, 0.15) is 0 Å². The molecule has 0 rings (SSSR count). The Kier molecular flexibility index (Phi) is 82.4. The second-order valence-corrected chi connectivity index (χ2v) is 13.4. The van der Waals surface area contributed by atoms with Crippen LogP contribution in [0.25, 0.3) is 0 Å². The second kappa shape index (κ2) is 44.6. The zero-order chi connectivity index (χ0) is 45.0. The van der Waals surface area contributed by atoms with Crippen LogP contribution in [-0.2, 0) is 104 Å². The maximum atomic E-state index is 8.74. The Morgan fingerprint density at radius 3 is 0.127 bits per heavy atom. The van der Waals surface area contributed by atoms with Crippen molar-refractivity contribution < 1.29 is 175 Å². The largest absolute Gasteiger partial charge is 0.394 e. The van der Waals surface area contributed by atoms with Crippen LogP contribution in [0, 0.1) is 0 Å². The van der Waals surface area contributed by atoms with Crippen LogP contribution in [0.5, 0.6) is 0 Å². The van der Waals surface area contributed by atoms with Gasteiger partial charge in [-0.05, 0) is 0 Å². The fourth-order valence-corrected chi connectivity index (χ4v) is 0. The van der Waals surface area contributed by atoms with Gasteiger partial charge in [-0.1, -0.05) is 0 Å². The molecule has 0 saturated carbocycles. The predicted octanol–water partition coefficient (Wildman–Crippen LogP) is -11.1. The van der Waals surface area contributed by atoms with Crippen molar-refractivity contribution in [1.82, 2.24) is 0 Å². The zero-order valence-electron chi connectivity index (χ0n) is 21.2. The fourth-order valence-electron chi connectivity index (χ4n) is 0. The molecular formula is H30Mg5O40S10. The van der Waals surface area contributed by atoms with Crippen LogP contribution in [0.2, 0.25) is 0 Å². The third-order valence-electron chi connectivity index (χ3n) is 0. The highest BCUT2D eigenvalue weighted by Gasteiger charge is 1.88. The summed E-state index contributed by atoms with van der Waals surface area (Å²) in [5, 5.41) is 0. The summed E-state index contributed by atoms with van der Waals surface area (Å²) in [5.41, 5.74) is 0. The summed E-state index contributed by atoms with van der Waals surface area (Å²) in [5.74, 6) is 0. The monoisotopic (exact) mass is 1110 g/mol. The summed E-state index contributed by atoms with van der Waals surface area (Å²) in [6.45, 7) is 0. The Hall–Kier alpha value is 2.53. The lowest BCUT2D eigenvalue weighted by atomic mass is 15.8. The first-order valence-electron chi connectivity index (χ1n) is 6.98. The number of rotatable bonds is 0. The molecule has 0 bridgehead atoms. The molecule has 0 aromatic heterocycles. The molecular weight excluding hydrogens is 1080 g/mol. The van der Waals surface area contributed by atoms with Gasteiger partial charge < -0.3 is 0 Å². The van der Waals surface area contributed by atoms with Gasteiger partial charge in [0.1, 0.15) is 0 Å². The molecule has 0 unspecified atom stereocenters. The van der Waals surface area contributed by atoms with E-state index in [1.807, 2.05) is 0 Å². The highest BCUT2D eigenvalue weighted by Crippen LogP contribution is 1.63. The average Bonchev–Trinajstić information content (AvgIpc) is 2.34. The molecule has 0 aromatic carbocycles. The quantitative estimate of drug-likeness (QED) is 0.0791. The molecule has 55 heavy (non-hydrogen) atoms. The molecule has 0 saturated heterocycles. The third kappa shape index (κ3) is 26200. The second-order valence-electron chi connectivity index (χ2n) is 4.48. The molecule has 0 aromatic rings. The molecule has 0 aliphatic heterocycles. The highest BCUT2D eigenvalue weighted by molar-refractivity contribution is 7.81. The van der Waals surface area contributed by atoms with E-state index in [9.17, 15) is 0 Å². The lowest BCUT2D eigenvalue weighted by Crippen LogP contribution is -1.89.